The predicted molar refractivity (Wildman–Crippen MR) is 64.1 cm³/mol. The molecule has 2 aliphatic heterocycles. The smallest absolute Gasteiger partial charge is 0.325 e. The first-order valence-electron chi connectivity index (χ1n) is 6.14. The van der Waals surface area contributed by atoms with Crippen molar-refractivity contribution in [2.75, 3.05) is 33.0 Å². The van der Waals surface area contributed by atoms with Gasteiger partial charge in [0.1, 0.15) is 5.54 Å². The van der Waals surface area contributed by atoms with Gasteiger partial charge in [0.05, 0.1) is 33.0 Å². The fourth-order valence-corrected chi connectivity index (χ4v) is 2.03. The Hall–Kier alpha value is -1.14. The number of imide groups is 1. The Balaban J connectivity index is 1.73. The summed E-state index contributed by atoms with van der Waals surface area (Å²) >= 11 is 0. The molecule has 102 valence electrons. The highest BCUT2D eigenvalue weighted by atomic mass is 16.5. The van der Waals surface area contributed by atoms with Crippen LogP contribution in [0, 0.1) is 5.41 Å². The van der Waals surface area contributed by atoms with E-state index in [0.717, 1.165) is 0 Å². The van der Waals surface area contributed by atoms with E-state index in [2.05, 4.69) is 12.2 Å². The average Bonchev–Trinajstić information content (AvgIpc) is 2.43. The molecular weight excluding hydrogens is 236 g/mol. The van der Waals surface area contributed by atoms with Crippen LogP contribution in [0.15, 0.2) is 0 Å². The summed E-state index contributed by atoms with van der Waals surface area (Å²) in [6.45, 7) is 8.16. The van der Waals surface area contributed by atoms with Gasteiger partial charge in [-0.05, 0) is 13.8 Å². The van der Waals surface area contributed by atoms with Gasteiger partial charge in [0, 0.05) is 5.41 Å². The average molecular weight is 256 g/mol. The van der Waals surface area contributed by atoms with Crippen molar-refractivity contribution in [1.29, 1.82) is 0 Å². The Bertz CT molecular complexity index is 363. The minimum absolute atomic E-state index is 0.0938. The third kappa shape index (κ3) is 2.49. The maximum atomic E-state index is 11.9. The van der Waals surface area contributed by atoms with E-state index in [1.54, 1.807) is 13.8 Å². The number of hydrogen-bond acceptors (Lipinski definition) is 4. The van der Waals surface area contributed by atoms with Crippen molar-refractivity contribution < 1.29 is 19.1 Å². The van der Waals surface area contributed by atoms with Gasteiger partial charge in [-0.25, -0.2) is 4.79 Å². The summed E-state index contributed by atoms with van der Waals surface area (Å²) in [6.07, 6.45) is 0. The van der Waals surface area contributed by atoms with Crippen LogP contribution >= 0.6 is 0 Å². The van der Waals surface area contributed by atoms with E-state index in [1.807, 2.05) is 0 Å². The minimum atomic E-state index is -0.801. The molecule has 0 aromatic carbocycles. The molecule has 3 amide bonds. The third-order valence-corrected chi connectivity index (χ3v) is 3.26. The highest BCUT2D eigenvalue weighted by molar-refractivity contribution is 6.06. The van der Waals surface area contributed by atoms with Crippen LogP contribution in [-0.4, -0.2) is 55.3 Å². The van der Waals surface area contributed by atoms with E-state index in [4.69, 9.17) is 9.47 Å². The quantitative estimate of drug-likeness (QED) is 0.570. The number of carbonyl (C=O) groups is 2. The summed E-state index contributed by atoms with van der Waals surface area (Å²) in [5, 5.41) is 2.63. The highest BCUT2D eigenvalue weighted by Gasteiger charge is 2.44. The van der Waals surface area contributed by atoms with Gasteiger partial charge in [0.25, 0.3) is 5.91 Å². The molecule has 2 rings (SSSR count). The standard InChI is InChI=1S/C12H20N2O4/c1-11(2)9(15)14(10(16)13-11)4-5-17-6-12(3)7-18-8-12/h4-8H2,1-3H3,(H,13,16). The number of urea groups is 1. The molecule has 0 bridgehead atoms. The van der Waals surface area contributed by atoms with E-state index in [0.29, 0.717) is 33.0 Å². The molecule has 6 heteroatoms. The molecule has 2 saturated heterocycles. The molecule has 1 N–H and O–H groups in total. The van der Waals surface area contributed by atoms with Gasteiger partial charge >= 0.3 is 6.03 Å². The first-order valence-corrected chi connectivity index (χ1v) is 6.14. The van der Waals surface area contributed by atoms with Crippen LogP contribution < -0.4 is 5.32 Å². The summed E-state index contributed by atoms with van der Waals surface area (Å²) < 4.78 is 10.6. The lowest BCUT2D eigenvalue weighted by Gasteiger charge is -2.37. The van der Waals surface area contributed by atoms with Crippen LogP contribution in [0.3, 0.4) is 0 Å². The molecule has 0 unspecified atom stereocenters. The van der Waals surface area contributed by atoms with Gasteiger partial charge in [-0.1, -0.05) is 6.92 Å². The van der Waals surface area contributed by atoms with E-state index in [9.17, 15) is 9.59 Å². The van der Waals surface area contributed by atoms with Crippen molar-refractivity contribution in [2.45, 2.75) is 26.3 Å². The molecule has 2 heterocycles. The third-order valence-electron chi connectivity index (χ3n) is 3.26. The summed E-state index contributed by atoms with van der Waals surface area (Å²) in [4.78, 5) is 24.6. The Morgan fingerprint density at radius 3 is 2.44 bits per heavy atom. The Kier molecular flexibility index (Phi) is 3.33. The molecule has 0 aromatic rings. The van der Waals surface area contributed by atoms with Gasteiger partial charge in [-0.15, -0.1) is 0 Å². The molecule has 0 spiro atoms. The lowest BCUT2D eigenvalue weighted by molar-refractivity contribution is -0.140. The van der Waals surface area contributed by atoms with E-state index in [1.165, 1.54) is 4.90 Å². The molecular formula is C12H20N2O4. The molecule has 0 aliphatic carbocycles. The molecule has 0 aromatic heterocycles. The van der Waals surface area contributed by atoms with Crippen molar-refractivity contribution in [1.82, 2.24) is 10.2 Å². The first kappa shape index (κ1) is 13.3. The maximum absolute atomic E-state index is 11.9. The molecule has 0 radical (unpaired) electrons. The number of amides is 3. The number of nitrogens with zero attached hydrogens (tertiary/aromatic N) is 1. The molecule has 0 saturated carbocycles. The van der Waals surface area contributed by atoms with Gasteiger partial charge < -0.3 is 14.8 Å². The summed E-state index contributed by atoms with van der Waals surface area (Å²) in [5.41, 5.74) is -0.707. The second kappa shape index (κ2) is 4.51. The topological polar surface area (TPSA) is 67.9 Å². The van der Waals surface area contributed by atoms with Crippen LogP contribution in [0.2, 0.25) is 0 Å². The van der Waals surface area contributed by atoms with Crippen molar-refractivity contribution in [3.05, 3.63) is 0 Å². The van der Waals surface area contributed by atoms with Crippen LogP contribution in [0.5, 0.6) is 0 Å². The summed E-state index contributed by atoms with van der Waals surface area (Å²) in [7, 11) is 0. The maximum Gasteiger partial charge on any atom is 0.325 e. The molecule has 6 nitrogen and oxygen atoms in total. The molecule has 18 heavy (non-hydrogen) atoms. The van der Waals surface area contributed by atoms with Crippen molar-refractivity contribution in [2.24, 2.45) is 5.41 Å². The predicted octanol–water partition coefficient (Wildman–Crippen LogP) is 0.370. The van der Waals surface area contributed by atoms with Crippen LogP contribution in [0.25, 0.3) is 0 Å². The van der Waals surface area contributed by atoms with Gasteiger partial charge in [0.2, 0.25) is 0 Å². The van der Waals surface area contributed by atoms with Crippen LogP contribution in [-0.2, 0) is 14.3 Å². The van der Waals surface area contributed by atoms with E-state index in [-0.39, 0.29) is 17.4 Å². The Labute approximate surface area is 107 Å². The van der Waals surface area contributed by atoms with E-state index < -0.39 is 5.54 Å². The van der Waals surface area contributed by atoms with Crippen LogP contribution in [0.4, 0.5) is 4.79 Å². The number of ether oxygens (including phenoxy) is 2. The number of carbonyl (C=O) groups excluding carboxylic acids is 2. The van der Waals surface area contributed by atoms with Crippen molar-refractivity contribution in [3.63, 3.8) is 0 Å². The Morgan fingerprint density at radius 1 is 1.33 bits per heavy atom. The van der Waals surface area contributed by atoms with Gasteiger partial charge in [0.15, 0.2) is 0 Å². The van der Waals surface area contributed by atoms with E-state index >= 15 is 0 Å². The highest BCUT2D eigenvalue weighted by Crippen LogP contribution is 2.26. The Morgan fingerprint density at radius 2 is 2.00 bits per heavy atom. The summed E-state index contributed by atoms with van der Waals surface area (Å²) in [5.74, 6) is -0.200. The SMILES string of the molecule is CC1(COCCN2C(=O)NC(C)(C)C2=O)COC1. The number of rotatable bonds is 5. The normalized spacial score (nSPS) is 24.9. The zero-order valence-corrected chi connectivity index (χ0v) is 11.1. The lowest BCUT2D eigenvalue weighted by Crippen LogP contribution is -2.44. The monoisotopic (exact) mass is 256 g/mol. The first-order chi connectivity index (χ1) is 8.34. The molecule has 2 aliphatic rings. The second-order valence-electron chi connectivity index (χ2n) is 5.87. The largest absolute Gasteiger partial charge is 0.380 e. The van der Waals surface area contributed by atoms with Gasteiger partial charge in [-0.3, -0.25) is 9.69 Å². The molecule has 0 atom stereocenters. The van der Waals surface area contributed by atoms with Crippen molar-refractivity contribution in [3.8, 4) is 0 Å². The van der Waals surface area contributed by atoms with Crippen LogP contribution in [0.1, 0.15) is 20.8 Å². The lowest BCUT2D eigenvalue weighted by atomic mass is 9.90. The van der Waals surface area contributed by atoms with Gasteiger partial charge in [-0.2, -0.15) is 0 Å². The fourth-order valence-electron chi connectivity index (χ4n) is 2.03. The summed E-state index contributed by atoms with van der Waals surface area (Å²) in [6, 6.07) is -0.341. The number of hydrogen-bond donors (Lipinski definition) is 1. The number of nitrogens with one attached hydrogen (secondary N) is 1. The second-order valence-corrected chi connectivity index (χ2v) is 5.87. The fraction of sp³-hybridized carbons (Fsp3) is 0.833. The zero-order valence-electron chi connectivity index (χ0n) is 11.1. The van der Waals surface area contributed by atoms with Crippen molar-refractivity contribution >= 4 is 11.9 Å². The zero-order chi connectivity index (χ0) is 13.4. The molecule has 2 fully saturated rings. The minimum Gasteiger partial charge on any atom is -0.380 e.